The van der Waals surface area contributed by atoms with Crippen LogP contribution in [0.4, 0.5) is 0 Å². The molecule has 1 aliphatic heterocycles. The average molecular weight is 97.1 g/mol. The summed E-state index contributed by atoms with van der Waals surface area (Å²) in [5.74, 6) is 0.0833. The Morgan fingerprint density at radius 3 is 2.43 bits per heavy atom. The molecule has 2 nitrogen and oxygen atoms in total. The van der Waals surface area contributed by atoms with Gasteiger partial charge in [0.1, 0.15) is 0 Å². The number of carbonyl (C=O) groups is 1. The molecule has 0 saturated carbocycles. The Labute approximate surface area is 42.4 Å². The Bertz CT molecular complexity index is 128. The van der Waals surface area contributed by atoms with E-state index in [2.05, 4.69) is 6.58 Å². The summed E-state index contributed by atoms with van der Waals surface area (Å²) in [7, 11) is 1.76. The highest BCUT2D eigenvalue weighted by molar-refractivity contribution is 5.99. The molecule has 0 atom stereocenters. The maximum absolute atomic E-state index is 10.4. The summed E-state index contributed by atoms with van der Waals surface area (Å²) in [5, 5.41) is 0. The predicted octanol–water partition coefficient (Wildman–Crippen LogP) is 0.0146. The third-order valence-corrected chi connectivity index (χ3v) is 1.08. The van der Waals surface area contributed by atoms with Crippen molar-refractivity contribution in [2.75, 3.05) is 13.6 Å². The van der Waals surface area contributed by atoms with Crippen molar-refractivity contribution in [3.05, 3.63) is 12.2 Å². The van der Waals surface area contributed by atoms with Gasteiger partial charge >= 0.3 is 0 Å². The number of carbonyl (C=O) groups excluding carboxylic acids is 1. The molecular formula is C5H7NO. The molecule has 0 unspecified atom stereocenters. The molecule has 0 aliphatic carbocycles. The number of hydrogen-bond donors (Lipinski definition) is 0. The highest BCUT2D eigenvalue weighted by Gasteiger charge is 2.23. The quantitative estimate of drug-likeness (QED) is 0.308. The maximum atomic E-state index is 10.4. The second-order valence-corrected chi connectivity index (χ2v) is 1.76. The Morgan fingerprint density at radius 2 is 2.43 bits per heavy atom. The van der Waals surface area contributed by atoms with Crippen molar-refractivity contribution >= 4 is 5.91 Å². The molecule has 1 fully saturated rings. The summed E-state index contributed by atoms with van der Waals surface area (Å²) in [6.45, 7) is 4.25. The van der Waals surface area contributed by atoms with Gasteiger partial charge in [0.25, 0.3) is 5.91 Å². The first kappa shape index (κ1) is 4.37. The zero-order valence-electron chi connectivity index (χ0n) is 4.27. The van der Waals surface area contributed by atoms with Crippen molar-refractivity contribution in [2.45, 2.75) is 0 Å². The van der Waals surface area contributed by atoms with Gasteiger partial charge in [-0.25, -0.2) is 0 Å². The van der Waals surface area contributed by atoms with Crippen LogP contribution < -0.4 is 0 Å². The summed E-state index contributed by atoms with van der Waals surface area (Å²) in [6, 6.07) is 0. The monoisotopic (exact) mass is 97.1 g/mol. The zero-order valence-corrected chi connectivity index (χ0v) is 4.27. The van der Waals surface area contributed by atoms with Crippen LogP contribution >= 0.6 is 0 Å². The van der Waals surface area contributed by atoms with E-state index in [0.29, 0.717) is 0 Å². The van der Waals surface area contributed by atoms with Crippen molar-refractivity contribution in [1.82, 2.24) is 4.90 Å². The largest absolute Gasteiger partial charge is 0.337 e. The highest BCUT2D eigenvalue weighted by atomic mass is 16.2. The van der Waals surface area contributed by atoms with E-state index in [4.69, 9.17) is 0 Å². The minimum atomic E-state index is 0.0833. The second kappa shape index (κ2) is 1.09. The number of rotatable bonds is 0. The lowest BCUT2D eigenvalue weighted by Crippen LogP contribution is -2.42. The molecule has 7 heavy (non-hydrogen) atoms. The van der Waals surface area contributed by atoms with E-state index in [1.165, 1.54) is 0 Å². The molecule has 0 aromatic heterocycles. The number of amides is 1. The summed E-state index contributed by atoms with van der Waals surface area (Å²) in [6.07, 6.45) is 0. The van der Waals surface area contributed by atoms with E-state index in [9.17, 15) is 4.79 Å². The van der Waals surface area contributed by atoms with Crippen LogP contribution in [-0.4, -0.2) is 24.4 Å². The fourth-order valence-electron chi connectivity index (χ4n) is 0.604. The van der Waals surface area contributed by atoms with Gasteiger partial charge in [-0.1, -0.05) is 6.58 Å². The standard InChI is InChI=1S/C5H7NO/c1-4-3-6(2)5(4)7/h1,3H2,2H3. The van der Waals surface area contributed by atoms with Crippen LogP contribution in [0.3, 0.4) is 0 Å². The van der Waals surface area contributed by atoms with Gasteiger partial charge in [0.2, 0.25) is 0 Å². The number of likely N-dealkylation sites (tertiary alicyclic amines) is 1. The van der Waals surface area contributed by atoms with Gasteiger partial charge in [-0.2, -0.15) is 0 Å². The average Bonchev–Trinajstić information content (AvgIpc) is 1.68. The van der Waals surface area contributed by atoms with Crippen LogP contribution in [0.5, 0.6) is 0 Å². The van der Waals surface area contributed by atoms with Gasteiger partial charge in [-0.05, 0) is 0 Å². The Kier molecular flexibility index (Phi) is 0.680. The second-order valence-electron chi connectivity index (χ2n) is 1.76. The Hall–Kier alpha value is -0.790. The van der Waals surface area contributed by atoms with E-state index >= 15 is 0 Å². The topological polar surface area (TPSA) is 20.3 Å². The number of likely N-dealkylation sites (N-methyl/N-ethyl adjacent to an activating group) is 1. The summed E-state index contributed by atoms with van der Waals surface area (Å²) in [5.41, 5.74) is 0.725. The summed E-state index contributed by atoms with van der Waals surface area (Å²) in [4.78, 5) is 12.0. The van der Waals surface area contributed by atoms with E-state index < -0.39 is 0 Å². The first-order chi connectivity index (χ1) is 3.22. The van der Waals surface area contributed by atoms with Crippen molar-refractivity contribution in [1.29, 1.82) is 0 Å². The molecule has 0 spiro atoms. The highest BCUT2D eigenvalue weighted by Crippen LogP contribution is 2.09. The molecule has 0 aromatic carbocycles. The van der Waals surface area contributed by atoms with Crippen LogP contribution in [0.1, 0.15) is 0 Å². The minimum Gasteiger partial charge on any atom is -0.337 e. The van der Waals surface area contributed by atoms with Gasteiger partial charge in [0.15, 0.2) is 0 Å². The fourth-order valence-corrected chi connectivity index (χ4v) is 0.604. The first-order valence-electron chi connectivity index (χ1n) is 2.15. The third-order valence-electron chi connectivity index (χ3n) is 1.08. The summed E-state index contributed by atoms with van der Waals surface area (Å²) >= 11 is 0. The van der Waals surface area contributed by atoms with E-state index in [-0.39, 0.29) is 5.91 Å². The van der Waals surface area contributed by atoms with Gasteiger partial charge < -0.3 is 4.90 Å². The van der Waals surface area contributed by atoms with Gasteiger partial charge in [-0.15, -0.1) is 0 Å². The van der Waals surface area contributed by atoms with E-state index in [0.717, 1.165) is 12.1 Å². The van der Waals surface area contributed by atoms with E-state index in [1.54, 1.807) is 11.9 Å². The predicted molar refractivity (Wildman–Crippen MR) is 26.8 cm³/mol. The maximum Gasteiger partial charge on any atom is 0.251 e. The molecule has 0 aromatic rings. The Balaban J connectivity index is 2.60. The third kappa shape index (κ3) is 0.427. The minimum absolute atomic E-state index is 0.0833. The van der Waals surface area contributed by atoms with Gasteiger partial charge in [-0.3, -0.25) is 4.79 Å². The normalized spacial score (nSPS) is 19.9. The molecule has 1 heterocycles. The number of nitrogens with zero attached hydrogens (tertiary/aromatic N) is 1. The molecule has 0 radical (unpaired) electrons. The molecule has 0 bridgehead atoms. The van der Waals surface area contributed by atoms with Crippen LogP contribution in [-0.2, 0) is 4.79 Å². The molecule has 1 saturated heterocycles. The van der Waals surface area contributed by atoms with Crippen LogP contribution in [0, 0.1) is 0 Å². The van der Waals surface area contributed by atoms with Crippen molar-refractivity contribution in [3.8, 4) is 0 Å². The lowest BCUT2D eigenvalue weighted by Gasteiger charge is -2.27. The molecular weight excluding hydrogens is 90.1 g/mol. The first-order valence-corrected chi connectivity index (χ1v) is 2.15. The van der Waals surface area contributed by atoms with E-state index in [1.807, 2.05) is 0 Å². The SMILES string of the molecule is C=C1CN(C)C1=O. The summed E-state index contributed by atoms with van der Waals surface area (Å²) < 4.78 is 0. The molecule has 38 valence electrons. The number of hydrogen-bond acceptors (Lipinski definition) is 1. The molecule has 1 amide bonds. The van der Waals surface area contributed by atoms with Crippen LogP contribution in [0.15, 0.2) is 12.2 Å². The van der Waals surface area contributed by atoms with Crippen molar-refractivity contribution in [2.24, 2.45) is 0 Å². The Morgan fingerprint density at radius 1 is 1.86 bits per heavy atom. The fraction of sp³-hybridized carbons (Fsp3) is 0.400. The number of β-lactam (4-membered cyclic amide) rings is 1. The van der Waals surface area contributed by atoms with Gasteiger partial charge in [0, 0.05) is 12.6 Å². The molecule has 1 rings (SSSR count). The lowest BCUT2D eigenvalue weighted by atomic mass is 10.1. The van der Waals surface area contributed by atoms with Crippen molar-refractivity contribution < 1.29 is 4.79 Å². The smallest absolute Gasteiger partial charge is 0.251 e. The lowest BCUT2D eigenvalue weighted by molar-refractivity contribution is -0.130. The molecule has 1 aliphatic rings. The molecule has 2 heteroatoms. The van der Waals surface area contributed by atoms with Crippen LogP contribution in [0.25, 0.3) is 0 Å². The van der Waals surface area contributed by atoms with Crippen molar-refractivity contribution in [3.63, 3.8) is 0 Å². The zero-order chi connectivity index (χ0) is 5.44. The molecule has 0 N–H and O–H groups in total. The van der Waals surface area contributed by atoms with Crippen LogP contribution in [0.2, 0.25) is 0 Å². The van der Waals surface area contributed by atoms with Gasteiger partial charge in [0.05, 0.1) is 6.54 Å².